The van der Waals surface area contributed by atoms with E-state index in [4.69, 9.17) is 15.3 Å². The Labute approximate surface area is 148 Å². The topological polar surface area (TPSA) is 76.8 Å². The van der Waals surface area contributed by atoms with Crippen LogP contribution in [0, 0.1) is 20.8 Å². The number of hydrazine groups is 1. The fraction of sp³-hybridized carbons (Fsp3) is 0.316. The van der Waals surface area contributed by atoms with Crippen LogP contribution in [0.5, 0.6) is 11.5 Å². The highest BCUT2D eigenvalue weighted by molar-refractivity contribution is 5.90. The molecule has 2 rings (SSSR count). The molecule has 0 radical (unpaired) electrons. The molecule has 0 heterocycles. The summed E-state index contributed by atoms with van der Waals surface area (Å²) in [6.07, 6.45) is 0. The third kappa shape index (κ3) is 4.42. The van der Waals surface area contributed by atoms with Crippen molar-refractivity contribution >= 4 is 11.7 Å². The van der Waals surface area contributed by atoms with Gasteiger partial charge in [-0.15, -0.1) is 0 Å². The number of benzene rings is 2. The molecule has 0 bridgehead atoms. The van der Waals surface area contributed by atoms with Gasteiger partial charge in [0.05, 0.1) is 18.4 Å². The quantitative estimate of drug-likeness (QED) is 0.494. The van der Waals surface area contributed by atoms with Crippen molar-refractivity contribution in [2.75, 3.05) is 19.5 Å². The van der Waals surface area contributed by atoms with Crippen LogP contribution in [0.1, 0.15) is 22.3 Å². The van der Waals surface area contributed by atoms with Gasteiger partial charge in [-0.3, -0.25) is 5.01 Å². The van der Waals surface area contributed by atoms with Gasteiger partial charge in [0.1, 0.15) is 18.1 Å². The van der Waals surface area contributed by atoms with E-state index < -0.39 is 6.03 Å². The summed E-state index contributed by atoms with van der Waals surface area (Å²) in [7, 11) is 3.06. The van der Waals surface area contributed by atoms with E-state index in [1.807, 2.05) is 26.0 Å². The molecule has 6 heteroatoms. The standard InChI is InChI=1S/C19H25N3O3/c1-12-9-14(3)18(10-13(12)2)25-11-15-16(21-19(23)22(4)20)7-6-8-17(15)24-5/h6-10H,11,20H2,1-5H3,(H,21,23). The fourth-order valence-electron chi connectivity index (χ4n) is 2.47. The largest absolute Gasteiger partial charge is 0.496 e. The summed E-state index contributed by atoms with van der Waals surface area (Å²) in [4.78, 5) is 11.9. The molecule has 134 valence electrons. The number of nitrogens with two attached hydrogens (primary N) is 1. The molecule has 0 unspecified atom stereocenters. The molecule has 0 aliphatic rings. The van der Waals surface area contributed by atoms with Gasteiger partial charge in [0.25, 0.3) is 0 Å². The molecule has 0 saturated carbocycles. The number of aryl methyl sites for hydroxylation is 3. The second-order valence-electron chi connectivity index (χ2n) is 6.02. The number of anilines is 1. The number of carbonyl (C=O) groups is 1. The lowest BCUT2D eigenvalue weighted by molar-refractivity contribution is 0.223. The molecule has 2 amide bonds. The Hall–Kier alpha value is -2.73. The van der Waals surface area contributed by atoms with Crippen LogP contribution in [0.4, 0.5) is 10.5 Å². The zero-order valence-corrected chi connectivity index (χ0v) is 15.3. The van der Waals surface area contributed by atoms with Crippen LogP contribution in [-0.2, 0) is 6.61 Å². The van der Waals surface area contributed by atoms with Crippen molar-refractivity contribution < 1.29 is 14.3 Å². The Bertz CT molecular complexity index is 773. The van der Waals surface area contributed by atoms with E-state index in [0.717, 1.165) is 21.9 Å². The molecule has 6 nitrogen and oxygen atoms in total. The summed E-state index contributed by atoms with van der Waals surface area (Å²) in [6.45, 7) is 6.39. The van der Waals surface area contributed by atoms with E-state index in [1.165, 1.54) is 18.2 Å². The molecule has 0 aliphatic carbocycles. The average molecular weight is 343 g/mol. The molecule has 3 N–H and O–H groups in total. The number of hydrogen-bond donors (Lipinski definition) is 2. The molecule has 0 fully saturated rings. The van der Waals surface area contributed by atoms with E-state index in [-0.39, 0.29) is 6.61 Å². The van der Waals surface area contributed by atoms with Gasteiger partial charge in [-0.05, 0) is 55.7 Å². The van der Waals surface area contributed by atoms with Crippen LogP contribution >= 0.6 is 0 Å². The smallest absolute Gasteiger partial charge is 0.335 e. The van der Waals surface area contributed by atoms with Gasteiger partial charge in [0.2, 0.25) is 0 Å². The molecule has 0 aromatic heterocycles. The lowest BCUT2D eigenvalue weighted by atomic mass is 10.1. The van der Waals surface area contributed by atoms with Gasteiger partial charge in [0.15, 0.2) is 0 Å². The van der Waals surface area contributed by atoms with Gasteiger partial charge in [0, 0.05) is 7.05 Å². The highest BCUT2D eigenvalue weighted by Gasteiger charge is 2.14. The van der Waals surface area contributed by atoms with E-state index in [0.29, 0.717) is 11.4 Å². The number of amides is 2. The van der Waals surface area contributed by atoms with Crippen LogP contribution < -0.4 is 20.6 Å². The third-order valence-electron chi connectivity index (χ3n) is 4.08. The summed E-state index contributed by atoms with van der Waals surface area (Å²) in [6, 6.07) is 9.11. The van der Waals surface area contributed by atoms with E-state index >= 15 is 0 Å². The van der Waals surface area contributed by atoms with Gasteiger partial charge in [-0.25, -0.2) is 10.6 Å². The predicted molar refractivity (Wildman–Crippen MR) is 98.9 cm³/mol. The molecule has 25 heavy (non-hydrogen) atoms. The first-order chi connectivity index (χ1) is 11.8. The Kier molecular flexibility index (Phi) is 5.88. The molecular formula is C19H25N3O3. The van der Waals surface area contributed by atoms with Crippen molar-refractivity contribution in [1.82, 2.24) is 5.01 Å². The minimum atomic E-state index is -0.420. The van der Waals surface area contributed by atoms with Crippen molar-refractivity contribution in [3.8, 4) is 11.5 Å². The van der Waals surface area contributed by atoms with Gasteiger partial charge < -0.3 is 14.8 Å². The maximum Gasteiger partial charge on any atom is 0.335 e. The zero-order valence-electron chi connectivity index (χ0n) is 15.3. The first kappa shape index (κ1) is 18.6. The second-order valence-corrected chi connectivity index (χ2v) is 6.02. The van der Waals surface area contributed by atoms with Crippen LogP contribution in [0.15, 0.2) is 30.3 Å². The fourth-order valence-corrected chi connectivity index (χ4v) is 2.47. The summed E-state index contributed by atoms with van der Waals surface area (Å²) < 4.78 is 11.4. The number of rotatable bonds is 5. The zero-order chi connectivity index (χ0) is 18.6. The molecule has 0 saturated heterocycles. The van der Waals surface area contributed by atoms with E-state index in [1.54, 1.807) is 19.2 Å². The van der Waals surface area contributed by atoms with Crippen LogP contribution in [0.25, 0.3) is 0 Å². The highest BCUT2D eigenvalue weighted by Crippen LogP contribution is 2.30. The predicted octanol–water partition coefficient (Wildman–Crippen LogP) is 3.54. The molecule has 0 atom stereocenters. The number of urea groups is 1. The Morgan fingerprint density at radius 2 is 1.80 bits per heavy atom. The lowest BCUT2D eigenvalue weighted by Gasteiger charge is -2.18. The van der Waals surface area contributed by atoms with Crippen molar-refractivity contribution in [1.29, 1.82) is 0 Å². The van der Waals surface area contributed by atoms with Gasteiger partial charge >= 0.3 is 6.03 Å². The second kappa shape index (κ2) is 7.90. The van der Waals surface area contributed by atoms with E-state index in [2.05, 4.69) is 18.3 Å². The molecule has 2 aromatic rings. The van der Waals surface area contributed by atoms with Crippen molar-refractivity contribution in [2.45, 2.75) is 27.4 Å². The molecular weight excluding hydrogens is 318 g/mol. The number of nitrogens with zero attached hydrogens (tertiary/aromatic N) is 1. The van der Waals surface area contributed by atoms with Crippen molar-refractivity contribution in [2.24, 2.45) is 5.84 Å². The minimum Gasteiger partial charge on any atom is -0.496 e. The van der Waals surface area contributed by atoms with Crippen LogP contribution in [0.2, 0.25) is 0 Å². The van der Waals surface area contributed by atoms with E-state index in [9.17, 15) is 4.79 Å². The van der Waals surface area contributed by atoms with Crippen LogP contribution in [0.3, 0.4) is 0 Å². The summed E-state index contributed by atoms with van der Waals surface area (Å²) in [5.74, 6) is 6.92. The SMILES string of the molecule is COc1cccc(NC(=O)N(C)N)c1COc1cc(C)c(C)cc1C. The summed E-state index contributed by atoms with van der Waals surface area (Å²) in [5, 5.41) is 3.74. The maximum atomic E-state index is 11.9. The van der Waals surface area contributed by atoms with Crippen LogP contribution in [-0.4, -0.2) is 25.2 Å². The molecule has 2 aromatic carbocycles. The first-order valence-corrected chi connectivity index (χ1v) is 7.99. The number of hydrogen-bond acceptors (Lipinski definition) is 4. The number of ether oxygens (including phenoxy) is 2. The monoisotopic (exact) mass is 343 g/mol. The summed E-state index contributed by atoms with van der Waals surface area (Å²) in [5.41, 5.74) is 4.80. The van der Waals surface area contributed by atoms with Gasteiger partial charge in [-0.2, -0.15) is 0 Å². The summed E-state index contributed by atoms with van der Waals surface area (Å²) >= 11 is 0. The Balaban J connectivity index is 2.29. The first-order valence-electron chi connectivity index (χ1n) is 7.99. The van der Waals surface area contributed by atoms with Gasteiger partial charge in [-0.1, -0.05) is 12.1 Å². The highest BCUT2D eigenvalue weighted by atomic mass is 16.5. The van der Waals surface area contributed by atoms with Crippen molar-refractivity contribution in [3.05, 3.63) is 52.6 Å². The normalized spacial score (nSPS) is 10.3. The molecule has 0 spiro atoms. The number of methoxy groups -OCH3 is 1. The Morgan fingerprint density at radius 1 is 1.12 bits per heavy atom. The number of carbonyl (C=O) groups excluding carboxylic acids is 1. The third-order valence-corrected chi connectivity index (χ3v) is 4.08. The number of nitrogens with one attached hydrogen (secondary N) is 1. The minimum absolute atomic E-state index is 0.261. The lowest BCUT2D eigenvalue weighted by Crippen LogP contribution is -2.37. The van der Waals surface area contributed by atoms with Crippen molar-refractivity contribution in [3.63, 3.8) is 0 Å². The molecule has 0 aliphatic heterocycles. The average Bonchev–Trinajstić information content (AvgIpc) is 2.57. The maximum absolute atomic E-state index is 11.9. The Morgan fingerprint density at radius 3 is 2.44 bits per heavy atom.